The normalized spacial score (nSPS) is 28.7. The summed E-state index contributed by atoms with van der Waals surface area (Å²) in [7, 11) is 0. The molecule has 1 aliphatic heterocycles. The van der Waals surface area contributed by atoms with Gasteiger partial charge in [0.05, 0.1) is 22.6 Å². The average molecular weight is 517 g/mol. The molecule has 5 rings (SSSR count). The summed E-state index contributed by atoms with van der Waals surface area (Å²) >= 11 is 12.7. The van der Waals surface area contributed by atoms with Gasteiger partial charge in [0, 0.05) is 5.69 Å². The summed E-state index contributed by atoms with van der Waals surface area (Å²) in [6.07, 6.45) is 0.646. The third-order valence-electron chi connectivity index (χ3n) is 6.85. The molecule has 8 nitrogen and oxygen atoms in total. The predicted molar refractivity (Wildman–Crippen MR) is 127 cm³/mol. The topological polar surface area (TPSA) is 102 Å². The molecule has 0 spiro atoms. The highest BCUT2D eigenvalue weighted by Crippen LogP contribution is 2.59. The van der Waals surface area contributed by atoms with Crippen LogP contribution in [0.3, 0.4) is 0 Å². The largest absolute Gasteiger partial charge is 0.457 e. The number of anilines is 1. The van der Waals surface area contributed by atoms with Crippen LogP contribution in [-0.2, 0) is 23.9 Å². The number of likely N-dealkylation sites (tertiary alicyclic amines) is 1. The molecule has 182 valence electrons. The van der Waals surface area contributed by atoms with Crippen LogP contribution in [0.1, 0.15) is 6.42 Å². The van der Waals surface area contributed by atoms with E-state index in [0.717, 1.165) is 4.90 Å². The van der Waals surface area contributed by atoms with Crippen LogP contribution < -0.4 is 10.1 Å². The highest BCUT2D eigenvalue weighted by atomic mass is 35.5. The Kier molecular flexibility index (Phi) is 6.42. The van der Waals surface area contributed by atoms with Crippen LogP contribution in [0.2, 0.25) is 0 Å². The van der Waals surface area contributed by atoms with Crippen molar-refractivity contribution in [3.05, 3.63) is 54.6 Å². The van der Waals surface area contributed by atoms with Gasteiger partial charge in [-0.05, 0) is 54.7 Å². The van der Waals surface area contributed by atoms with E-state index in [4.69, 9.17) is 32.7 Å². The van der Waals surface area contributed by atoms with Gasteiger partial charge in [0.25, 0.3) is 5.91 Å². The van der Waals surface area contributed by atoms with E-state index in [9.17, 15) is 19.2 Å². The fourth-order valence-corrected chi connectivity index (χ4v) is 6.21. The predicted octanol–water partition coefficient (Wildman–Crippen LogP) is 3.43. The Morgan fingerprint density at radius 2 is 1.46 bits per heavy atom. The number of ether oxygens (including phenoxy) is 2. The number of nitrogens with one attached hydrogen (secondary N) is 1. The molecule has 0 unspecified atom stereocenters. The summed E-state index contributed by atoms with van der Waals surface area (Å²) in [6, 6.07) is 16.0. The van der Waals surface area contributed by atoms with Gasteiger partial charge in [-0.2, -0.15) is 0 Å². The number of benzene rings is 2. The second kappa shape index (κ2) is 9.51. The zero-order valence-electron chi connectivity index (χ0n) is 18.4. The number of alkyl halides is 2. The molecule has 0 radical (unpaired) electrons. The molecule has 1 N–H and O–H groups in total. The van der Waals surface area contributed by atoms with Crippen LogP contribution in [0.4, 0.5) is 5.69 Å². The molecule has 2 bridgehead atoms. The maximum atomic E-state index is 12.8. The zero-order chi connectivity index (χ0) is 24.7. The Balaban J connectivity index is 1.10. The van der Waals surface area contributed by atoms with Crippen molar-refractivity contribution >= 4 is 52.6 Å². The monoisotopic (exact) mass is 516 g/mol. The molecule has 2 aliphatic carbocycles. The van der Waals surface area contributed by atoms with Gasteiger partial charge >= 0.3 is 5.97 Å². The molecule has 2 aromatic rings. The minimum Gasteiger partial charge on any atom is -0.457 e. The van der Waals surface area contributed by atoms with Crippen LogP contribution >= 0.6 is 23.2 Å². The molecule has 3 aliphatic rings. The molecule has 1 heterocycles. The number of halogens is 2. The lowest BCUT2D eigenvalue weighted by atomic mass is 9.80. The second-order valence-corrected chi connectivity index (χ2v) is 9.92. The van der Waals surface area contributed by atoms with Crippen molar-refractivity contribution in [1.29, 1.82) is 0 Å². The van der Waals surface area contributed by atoms with Crippen molar-refractivity contribution in [2.45, 2.75) is 17.2 Å². The molecule has 6 atom stereocenters. The smallest absolute Gasteiger partial charge is 0.326 e. The molecular weight excluding hydrogens is 495 g/mol. The maximum Gasteiger partial charge on any atom is 0.326 e. The third kappa shape index (κ3) is 4.48. The Labute approximate surface area is 211 Å². The summed E-state index contributed by atoms with van der Waals surface area (Å²) in [5, 5.41) is 1.88. The average Bonchev–Trinajstić information content (AvgIpc) is 3.46. The number of para-hydroxylation sites is 1. The van der Waals surface area contributed by atoms with Crippen molar-refractivity contribution < 1.29 is 28.7 Å². The molecule has 1 saturated heterocycles. The summed E-state index contributed by atoms with van der Waals surface area (Å²) in [4.78, 5) is 51.0. The fourth-order valence-electron chi connectivity index (χ4n) is 5.32. The summed E-state index contributed by atoms with van der Waals surface area (Å²) < 4.78 is 10.7. The second-order valence-electron chi connectivity index (χ2n) is 8.91. The number of hydrogen-bond acceptors (Lipinski definition) is 6. The number of carbonyl (C=O) groups excluding carboxylic acids is 4. The number of imide groups is 1. The van der Waals surface area contributed by atoms with E-state index >= 15 is 0 Å². The SMILES string of the molecule is O=C(COC(=O)CN1C(=O)[C@@H]2[C@H]3C[C@@H]([C@H](Cl)[C@@H]3Cl)[C@@H]2C1=O)Nc1ccc(Oc2ccccc2)cc1. The molecular formula is C25H22Cl2N2O6. The Morgan fingerprint density at radius 3 is 2.06 bits per heavy atom. The van der Waals surface area contributed by atoms with E-state index in [2.05, 4.69) is 5.32 Å². The number of nitrogens with zero attached hydrogens (tertiary/aromatic N) is 1. The number of carbonyl (C=O) groups is 4. The molecule has 2 saturated carbocycles. The van der Waals surface area contributed by atoms with Crippen molar-refractivity contribution in [3.63, 3.8) is 0 Å². The van der Waals surface area contributed by atoms with E-state index in [-0.39, 0.29) is 22.6 Å². The minimum atomic E-state index is -0.842. The Morgan fingerprint density at radius 1 is 0.886 bits per heavy atom. The van der Waals surface area contributed by atoms with E-state index in [1.54, 1.807) is 24.3 Å². The lowest BCUT2D eigenvalue weighted by Crippen LogP contribution is -2.38. The number of hydrogen-bond donors (Lipinski definition) is 1. The van der Waals surface area contributed by atoms with Gasteiger partial charge in [-0.1, -0.05) is 18.2 Å². The standard InChI is InChI=1S/C25H22Cl2N2O6/c26-22-16-10-17(23(22)27)21-20(16)24(32)29(25(21)33)11-19(31)34-12-18(30)28-13-6-8-15(9-7-13)35-14-4-2-1-3-5-14/h1-9,16-17,20-23H,10-12H2,(H,28,30)/t16-,17-,20-,21+,22-,23+/m1/s1. The van der Waals surface area contributed by atoms with Crippen LogP contribution in [-0.4, -0.2) is 52.5 Å². The van der Waals surface area contributed by atoms with Gasteiger partial charge in [0.15, 0.2) is 6.61 Å². The van der Waals surface area contributed by atoms with Crippen molar-refractivity contribution in [2.24, 2.45) is 23.7 Å². The highest BCUT2D eigenvalue weighted by molar-refractivity contribution is 6.31. The first-order valence-electron chi connectivity index (χ1n) is 11.3. The minimum absolute atomic E-state index is 0.165. The van der Waals surface area contributed by atoms with Crippen molar-refractivity contribution in [3.8, 4) is 11.5 Å². The van der Waals surface area contributed by atoms with E-state index in [1.165, 1.54) is 0 Å². The first-order valence-corrected chi connectivity index (χ1v) is 12.1. The van der Waals surface area contributed by atoms with Gasteiger partial charge < -0.3 is 14.8 Å². The van der Waals surface area contributed by atoms with Crippen molar-refractivity contribution in [2.75, 3.05) is 18.5 Å². The van der Waals surface area contributed by atoms with Gasteiger partial charge in [-0.3, -0.25) is 24.1 Å². The number of fused-ring (bicyclic) bond motifs is 5. The summed E-state index contributed by atoms with van der Waals surface area (Å²) in [5.41, 5.74) is 0.492. The lowest BCUT2D eigenvalue weighted by molar-refractivity contribution is -0.154. The number of esters is 1. The number of amides is 3. The quantitative estimate of drug-likeness (QED) is 0.343. The molecule has 10 heteroatoms. The van der Waals surface area contributed by atoms with Gasteiger partial charge in [0.2, 0.25) is 11.8 Å². The highest BCUT2D eigenvalue weighted by Gasteiger charge is 2.66. The van der Waals surface area contributed by atoms with Crippen LogP contribution in [0.15, 0.2) is 54.6 Å². The van der Waals surface area contributed by atoms with Crippen molar-refractivity contribution in [1.82, 2.24) is 4.90 Å². The molecule has 3 fully saturated rings. The fraction of sp³-hybridized carbons (Fsp3) is 0.360. The van der Waals surface area contributed by atoms with Crippen LogP contribution in [0.5, 0.6) is 11.5 Å². The first-order chi connectivity index (χ1) is 16.8. The molecule has 0 aromatic heterocycles. The Hall–Kier alpha value is -3.10. The lowest BCUT2D eigenvalue weighted by Gasteiger charge is -2.28. The van der Waals surface area contributed by atoms with Crippen LogP contribution in [0.25, 0.3) is 0 Å². The molecule has 2 aromatic carbocycles. The summed E-state index contributed by atoms with van der Waals surface area (Å²) in [6.45, 7) is -1.09. The van der Waals surface area contributed by atoms with Gasteiger partial charge in [0.1, 0.15) is 18.0 Å². The van der Waals surface area contributed by atoms with E-state index in [0.29, 0.717) is 23.6 Å². The van der Waals surface area contributed by atoms with Gasteiger partial charge in [-0.15, -0.1) is 23.2 Å². The van der Waals surface area contributed by atoms with Gasteiger partial charge in [-0.25, -0.2) is 0 Å². The molecule has 35 heavy (non-hydrogen) atoms. The number of rotatable bonds is 7. The Bertz CT molecular complexity index is 1130. The first kappa shape index (κ1) is 23.6. The van der Waals surface area contributed by atoms with Crippen LogP contribution in [0, 0.1) is 23.7 Å². The zero-order valence-corrected chi connectivity index (χ0v) is 19.9. The summed E-state index contributed by atoms with van der Waals surface area (Å²) in [5.74, 6) is -2.34. The molecule has 3 amide bonds. The van der Waals surface area contributed by atoms with E-state index in [1.807, 2.05) is 30.3 Å². The van der Waals surface area contributed by atoms with E-state index < -0.39 is 48.7 Å². The third-order valence-corrected chi connectivity index (χ3v) is 8.17. The maximum absolute atomic E-state index is 12.8.